The lowest BCUT2D eigenvalue weighted by Crippen LogP contribution is -2.31. The van der Waals surface area contributed by atoms with Gasteiger partial charge in [0.15, 0.2) is 0 Å². The van der Waals surface area contributed by atoms with Gasteiger partial charge in [-0.15, -0.1) is 0 Å². The highest BCUT2D eigenvalue weighted by atomic mass is 16.5. The second-order valence-electron chi connectivity index (χ2n) is 8.67. The normalized spacial score (nSPS) is 17.8. The van der Waals surface area contributed by atoms with Crippen molar-refractivity contribution in [1.82, 2.24) is 9.88 Å². The van der Waals surface area contributed by atoms with Gasteiger partial charge in [-0.1, -0.05) is 18.9 Å². The SMILES string of the molecule is COc1ccc(CN2CCCN(c3ccc(NC(=O)C4CCCC4)cn3)CC2)c(OC)c1. The standard InChI is InChI=1S/C25H34N4O3/c1-31-22-10-8-20(23(16-22)32-2)18-28-12-5-13-29(15-14-28)24-11-9-21(17-26-24)27-25(30)19-6-3-4-7-19/h8-11,16-17,19H,3-7,12-15,18H2,1-2H3,(H,27,30). The lowest BCUT2D eigenvalue weighted by Gasteiger charge is -2.23. The summed E-state index contributed by atoms with van der Waals surface area (Å²) in [6.07, 6.45) is 7.18. The number of amides is 1. The van der Waals surface area contributed by atoms with Gasteiger partial charge in [0.05, 0.1) is 26.1 Å². The molecule has 7 nitrogen and oxygen atoms in total. The van der Waals surface area contributed by atoms with Crippen LogP contribution in [-0.2, 0) is 11.3 Å². The number of pyridine rings is 1. The van der Waals surface area contributed by atoms with E-state index in [-0.39, 0.29) is 11.8 Å². The third-order valence-electron chi connectivity index (χ3n) is 6.54. The molecule has 2 aromatic rings. The Morgan fingerprint density at radius 1 is 1.03 bits per heavy atom. The molecule has 1 amide bonds. The minimum absolute atomic E-state index is 0.136. The molecule has 2 heterocycles. The number of rotatable bonds is 7. The number of ether oxygens (including phenoxy) is 2. The second kappa shape index (κ2) is 10.7. The van der Waals surface area contributed by atoms with E-state index in [2.05, 4.69) is 26.2 Å². The van der Waals surface area contributed by atoms with Crippen LogP contribution in [0.4, 0.5) is 11.5 Å². The van der Waals surface area contributed by atoms with Crippen LogP contribution in [0.15, 0.2) is 36.5 Å². The van der Waals surface area contributed by atoms with Crippen LogP contribution in [0.25, 0.3) is 0 Å². The van der Waals surface area contributed by atoms with Gasteiger partial charge in [0.1, 0.15) is 17.3 Å². The largest absolute Gasteiger partial charge is 0.497 e. The van der Waals surface area contributed by atoms with Gasteiger partial charge in [0, 0.05) is 50.3 Å². The van der Waals surface area contributed by atoms with E-state index < -0.39 is 0 Å². The summed E-state index contributed by atoms with van der Waals surface area (Å²) in [5.41, 5.74) is 1.95. The molecule has 1 aliphatic carbocycles. The number of aromatic nitrogens is 1. The van der Waals surface area contributed by atoms with E-state index in [0.717, 1.165) is 87.8 Å². The maximum atomic E-state index is 12.3. The second-order valence-corrected chi connectivity index (χ2v) is 8.67. The number of nitrogens with zero attached hydrogens (tertiary/aromatic N) is 3. The van der Waals surface area contributed by atoms with Crippen LogP contribution in [0.5, 0.6) is 11.5 Å². The summed E-state index contributed by atoms with van der Waals surface area (Å²) in [7, 11) is 3.37. The van der Waals surface area contributed by atoms with Gasteiger partial charge in [-0.05, 0) is 37.5 Å². The van der Waals surface area contributed by atoms with E-state index in [1.165, 1.54) is 5.56 Å². The van der Waals surface area contributed by atoms with Crippen molar-refractivity contribution in [3.63, 3.8) is 0 Å². The molecule has 4 rings (SSSR count). The Morgan fingerprint density at radius 2 is 1.88 bits per heavy atom. The summed E-state index contributed by atoms with van der Waals surface area (Å²) in [6.45, 7) is 4.72. The topological polar surface area (TPSA) is 66.9 Å². The highest BCUT2D eigenvalue weighted by molar-refractivity contribution is 5.92. The van der Waals surface area contributed by atoms with Crippen LogP contribution in [0.2, 0.25) is 0 Å². The first-order chi connectivity index (χ1) is 15.7. The number of carbonyl (C=O) groups excluding carboxylic acids is 1. The number of carbonyl (C=O) groups is 1. The maximum Gasteiger partial charge on any atom is 0.227 e. The molecule has 7 heteroatoms. The fourth-order valence-electron chi connectivity index (χ4n) is 4.66. The lowest BCUT2D eigenvalue weighted by atomic mass is 10.1. The summed E-state index contributed by atoms with van der Waals surface area (Å²) in [4.78, 5) is 21.8. The van der Waals surface area contributed by atoms with Gasteiger partial charge >= 0.3 is 0 Å². The van der Waals surface area contributed by atoms with E-state index in [0.29, 0.717) is 0 Å². The number of hydrogen-bond acceptors (Lipinski definition) is 6. The van der Waals surface area contributed by atoms with E-state index in [4.69, 9.17) is 9.47 Å². The minimum Gasteiger partial charge on any atom is -0.497 e. The first-order valence-electron chi connectivity index (χ1n) is 11.6. The van der Waals surface area contributed by atoms with E-state index in [1.807, 2.05) is 24.3 Å². The molecule has 0 unspecified atom stereocenters. The van der Waals surface area contributed by atoms with Crippen LogP contribution in [0.3, 0.4) is 0 Å². The van der Waals surface area contributed by atoms with Crippen LogP contribution in [0.1, 0.15) is 37.7 Å². The van der Waals surface area contributed by atoms with Crippen molar-refractivity contribution in [3.8, 4) is 11.5 Å². The molecule has 32 heavy (non-hydrogen) atoms. The van der Waals surface area contributed by atoms with E-state index >= 15 is 0 Å². The average Bonchev–Trinajstić information content (AvgIpc) is 3.27. The molecule has 1 saturated heterocycles. The van der Waals surface area contributed by atoms with Gasteiger partial charge in [-0.2, -0.15) is 0 Å². The van der Waals surface area contributed by atoms with Crippen molar-refractivity contribution in [2.75, 3.05) is 50.6 Å². The highest BCUT2D eigenvalue weighted by Crippen LogP contribution is 2.27. The molecule has 2 fully saturated rings. The summed E-state index contributed by atoms with van der Waals surface area (Å²) in [5.74, 6) is 2.93. The van der Waals surface area contributed by atoms with Crippen LogP contribution >= 0.6 is 0 Å². The van der Waals surface area contributed by atoms with Crippen molar-refractivity contribution in [1.29, 1.82) is 0 Å². The third-order valence-corrected chi connectivity index (χ3v) is 6.54. The predicted octanol–water partition coefficient (Wildman–Crippen LogP) is 3.94. The highest BCUT2D eigenvalue weighted by Gasteiger charge is 2.23. The van der Waals surface area contributed by atoms with Crippen molar-refractivity contribution >= 4 is 17.4 Å². The van der Waals surface area contributed by atoms with Gasteiger partial charge < -0.3 is 19.7 Å². The lowest BCUT2D eigenvalue weighted by molar-refractivity contribution is -0.119. The minimum atomic E-state index is 0.136. The molecular formula is C25H34N4O3. The number of benzene rings is 1. The third kappa shape index (κ3) is 5.51. The number of anilines is 2. The van der Waals surface area contributed by atoms with E-state index in [1.54, 1.807) is 20.4 Å². The average molecular weight is 439 g/mol. The van der Waals surface area contributed by atoms with Crippen LogP contribution in [0, 0.1) is 5.92 Å². The van der Waals surface area contributed by atoms with Crippen molar-refractivity contribution in [2.24, 2.45) is 5.92 Å². The smallest absolute Gasteiger partial charge is 0.227 e. The molecule has 0 bridgehead atoms. The molecule has 2 aliphatic rings. The Labute approximate surface area is 190 Å². The van der Waals surface area contributed by atoms with E-state index in [9.17, 15) is 4.79 Å². The van der Waals surface area contributed by atoms with Gasteiger partial charge in [0.25, 0.3) is 0 Å². The monoisotopic (exact) mass is 438 g/mol. The summed E-state index contributed by atoms with van der Waals surface area (Å²) in [5, 5.41) is 3.03. The molecule has 1 aliphatic heterocycles. The molecule has 0 radical (unpaired) electrons. The zero-order valence-corrected chi connectivity index (χ0v) is 19.2. The van der Waals surface area contributed by atoms with Crippen molar-refractivity contribution in [2.45, 2.75) is 38.6 Å². The van der Waals surface area contributed by atoms with Gasteiger partial charge in [-0.25, -0.2) is 4.98 Å². The van der Waals surface area contributed by atoms with Crippen LogP contribution in [-0.4, -0.2) is 56.2 Å². The Hall–Kier alpha value is -2.80. The molecule has 1 N–H and O–H groups in total. The zero-order chi connectivity index (χ0) is 22.3. The first kappa shape index (κ1) is 22.4. The summed E-state index contributed by atoms with van der Waals surface area (Å²) in [6, 6.07) is 10.0. The van der Waals surface area contributed by atoms with Gasteiger partial charge in [-0.3, -0.25) is 9.69 Å². The molecular weight excluding hydrogens is 404 g/mol. The first-order valence-corrected chi connectivity index (χ1v) is 11.6. The molecule has 172 valence electrons. The molecule has 1 aromatic heterocycles. The summed E-state index contributed by atoms with van der Waals surface area (Å²) < 4.78 is 10.9. The van der Waals surface area contributed by atoms with Crippen LogP contribution < -0.4 is 19.7 Å². The number of methoxy groups -OCH3 is 2. The Bertz CT molecular complexity index is 897. The van der Waals surface area contributed by atoms with Crippen molar-refractivity contribution < 1.29 is 14.3 Å². The zero-order valence-electron chi connectivity index (χ0n) is 19.2. The molecule has 0 atom stereocenters. The molecule has 0 spiro atoms. The Balaban J connectivity index is 1.32. The number of nitrogens with one attached hydrogen (secondary N) is 1. The Morgan fingerprint density at radius 3 is 2.59 bits per heavy atom. The molecule has 1 saturated carbocycles. The quantitative estimate of drug-likeness (QED) is 0.706. The predicted molar refractivity (Wildman–Crippen MR) is 126 cm³/mol. The van der Waals surface area contributed by atoms with Gasteiger partial charge in [0.2, 0.25) is 5.91 Å². The molecule has 1 aromatic carbocycles. The maximum absolute atomic E-state index is 12.3. The van der Waals surface area contributed by atoms with Crippen molar-refractivity contribution in [3.05, 3.63) is 42.1 Å². The fourth-order valence-corrected chi connectivity index (χ4v) is 4.66. The fraction of sp³-hybridized carbons (Fsp3) is 0.520. The number of hydrogen-bond donors (Lipinski definition) is 1. The summed E-state index contributed by atoms with van der Waals surface area (Å²) >= 11 is 0. The Kier molecular flexibility index (Phi) is 7.47.